The molecule has 4 heteroatoms. The van der Waals surface area contributed by atoms with E-state index in [-0.39, 0.29) is 15.8 Å². The zero-order valence-corrected chi connectivity index (χ0v) is 7.93. The molecule has 0 spiro atoms. The van der Waals surface area contributed by atoms with Gasteiger partial charge in [-0.3, -0.25) is 0 Å². The molecule has 1 rings (SSSR count). The van der Waals surface area contributed by atoms with E-state index in [2.05, 4.69) is 0 Å². The predicted molar refractivity (Wildman–Crippen MR) is 47.9 cm³/mol. The zero-order chi connectivity index (χ0) is 8.59. The third-order valence-corrected chi connectivity index (χ3v) is 2.74. The van der Waals surface area contributed by atoms with Crippen molar-refractivity contribution in [2.75, 3.05) is 0 Å². The van der Waals surface area contributed by atoms with Gasteiger partial charge >= 0.3 is 0 Å². The van der Waals surface area contributed by atoms with E-state index >= 15 is 0 Å². The fourth-order valence-electron chi connectivity index (χ4n) is 0.674. The average molecular weight is 211 g/mol. The standard InChI is InChI=1S/C7H5Cl3O/c1-3-5(11)2-4(8)7(10)6(3)9/h2,11H,1H3. The van der Waals surface area contributed by atoms with Crippen LogP contribution in [0.2, 0.25) is 15.1 Å². The molecule has 0 aliphatic heterocycles. The molecule has 1 aromatic carbocycles. The fraction of sp³-hybridized carbons (Fsp3) is 0.143. The first-order valence-electron chi connectivity index (χ1n) is 2.87. The zero-order valence-electron chi connectivity index (χ0n) is 5.66. The maximum atomic E-state index is 9.18. The van der Waals surface area contributed by atoms with Gasteiger partial charge in [-0.2, -0.15) is 0 Å². The number of halogens is 3. The lowest BCUT2D eigenvalue weighted by Crippen LogP contribution is -1.79. The van der Waals surface area contributed by atoms with Gasteiger partial charge in [0.2, 0.25) is 0 Å². The van der Waals surface area contributed by atoms with Crippen molar-refractivity contribution in [3.8, 4) is 5.75 Å². The van der Waals surface area contributed by atoms with Crippen molar-refractivity contribution in [2.24, 2.45) is 0 Å². The summed E-state index contributed by atoms with van der Waals surface area (Å²) in [6, 6.07) is 1.37. The van der Waals surface area contributed by atoms with Crippen LogP contribution in [0.25, 0.3) is 0 Å². The molecule has 0 unspecified atom stereocenters. The van der Waals surface area contributed by atoms with Crippen LogP contribution < -0.4 is 0 Å². The Bertz CT molecular complexity index is 270. The van der Waals surface area contributed by atoms with Crippen molar-refractivity contribution < 1.29 is 5.11 Å². The minimum absolute atomic E-state index is 0.0596. The van der Waals surface area contributed by atoms with E-state index in [9.17, 15) is 5.11 Å². The lowest BCUT2D eigenvalue weighted by atomic mass is 10.2. The normalized spacial score (nSPS) is 10.2. The predicted octanol–water partition coefficient (Wildman–Crippen LogP) is 3.66. The summed E-state index contributed by atoms with van der Waals surface area (Å²) in [6.45, 7) is 1.67. The molecule has 1 N–H and O–H groups in total. The number of hydrogen-bond acceptors (Lipinski definition) is 1. The topological polar surface area (TPSA) is 20.2 Å². The minimum Gasteiger partial charge on any atom is -0.508 e. The molecule has 0 saturated heterocycles. The Morgan fingerprint density at radius 1 is 1.18 bits per heavy atom. The Morgan fingerprint density at radius 2 is 1.73 bits per heavy atom. The second-order valence-electron chi connectivity index (χ2n) is 2.13. The molecule has 0 heterocycles. The van der Waals surface area contributed by atoms with E-state index in [1.807, 2.05) is 0 Å². The van der Waals surface area contributed by atoms with E-state index in [0.29, 0.717) is 10.6 Å². The second kappa shape index (κ2) is 3.10. The van der Waals surface area contributed by atoms with Crippen LogP contribution in [0.15, 0.2) is 6.07 Å². The van der Waals surface area contributed by atoms with Crippen LogP contribution in [-0.2, 0) is 0 Å². The monoisotopic (exact) mass is 210 g/mol. The number of phenolic OH excluding ortho intramolecular Hbond substituents is 1. The van der Waals surface area contributed by atoms with Gasteiger partial charge < -0.3 is 5.11 Å². The van der Waals surface area contributed by atoms with Gasteiger partial charge in [0, 0.05) is 11.6 Å². The minimum atomic E-state index is 0.0596. The maximum absolute atomic E-state index is 9.18. The first kappa shape index (κ1) is 8.98. The van der Waals surface area contributed by atoms with Crippen molar-refractivity contribution >= 4 is 34.8 Å². The van der Waals surface area contributed by atoms with Gasteiger partial charge in [-0.15, -0.1) is 0 Å². The Morgan fingerprint density at radius 3 is 2.27 bits per heavy atom. The first-order chi connectivity index (χ1) is 5.04. The Hall–Kier alpha value is -0.110. The van der Waals surface area contributed by atoms with Gasteiger partial charge in [0.15, 0.2) is 0 Å². The van der Waals surface area contributed by atoms with Crippen LogP contribution in [0.5, 0.6) is 5.75 Å². The Kier molecular flexibility index (Phi) is 2.53. The van der Waals surface area contributed by atoms with Crippen molar-refractivity contribution in [1.82, 2.24) is 0 Å². The van der Waals surface area contributed by atoms with Gasteiger partial charge in [-0.1, -0.05) is 34.8 Å². The molecule has 0 radical (unpaired) electrons. The Labute approximate surface area is 79.5 Å². The summed E-state index contributed by atoms with van der Waals surface area (Å²) in [5, 5.41) is 10.0. The SMILES string of the molecule is Cc1c(O)cc(Cl)c(Cl)c1Cl. The lowest BCUT2D eigenvalue weighted by Gasteiger charge is -2.04. The summed E-state index contributed by atoms with van der Waals surface area (Å²) in [4.78, 5) is 0. The molecule has 1 aromatic rings. The summed E-state index contributed by atoms with van der Waals surface area (Å²) < 4.78 is 0. The smallest absolute Gasteiger partial charge is 0.121 e. The van der Waals surface area contributed by atoms with Crippen molar-refractivity contribution in [2.45, 2.75) is 6.92 Å². The van der Waals surface area contributed by atoms with Gasteiger partial charge in [-0.25, -0.2) is 0 Å². The summed E-state index contributed by atoms with van der Waals surface area (Å²) in [5.41, 5.74) is 0.543. The van der Waals surface area contributed by atoms with Crippen molar-refractivity contribution in [1.29, 1.82) is 0 Å². The van der Waals surface area contributed by atoms with Crippen LogP contribution in [0.3, 0.4) is 0 Å². The highest BCUT2D eigenvalue weighted by Gasteiger charge is 2.09. The van der Waals surface area contributed by atoms with Crippen molar-refractivity contribution in [3.63, 3.8) is 0 Å². The van der Waals surface area contributed by atoms with Gasteiger partial charge in [0.05, 0.1) is 15.1 Å². The van der Waals surface area contributed by atoms with E-state index in [0.717, 1.165) is 0 Å². The third-order valence-electron chi connectivity index (χ3n) is 1.38. The molecular weight excluding hydrogens is 206 g/mol. The molecule has 11 heavy (non-hydrogen) atoms. The number of aromatic hydroxyl groups is 1. The van der Waals surface area contributed by atoms with Crippen molar-refractivity contribution in [3.05, 3.63) is 26.7 Å². The third kappa shape index (κ3) is 1.56. The maximum Gasteiger partial charge on any atom is 0.121 e. The summed E-state index contributed by atoms with van der Waals surface area (Å²) in [5.74, 6) is 0.0596. The van der Waals surface area contributed by atoms with Gasteiger partial charge in [0.1, 0.15) is 5.75 Å². The van der Waals surface area contributed by atoms with E-state index in [4.69, 9.17) is 34.8 Å². The second-order valence-corrected chi connectivity index (χ2v) is 3.29. The molecular formula is C7H5Cl3O. The molecule has 0 bridgehead atoms. The van der Waals surface area contributed by atoms with Crippen LogP contribution >= 0.6 is 34.8 Å². The molecule has 0 fully saturated rings. The van der Waals surface area contributed by atoms with Crippen LogP contribution in [0.1, 0.15) is 5.56 Å². The molecule has 1 nitrogen and oxygen atoms in total. The first-order valence-corrected chi connectivity index (χ1v) is 4.00. The number of hydrogen-bond donors (Lipinski definition) is 1. The quantitative estimate of drug-likeness (QED) is 0.649. The van der Waals surface area contributed by atoms with Crippen LogP contribution in [0, 0.1) is 6.92 Å². The highest BCUT2D eigenvalue weighted by Crippen LogP contribution is 2.37. The van der Waals surface area contributed by atoms with E-state index in [1.54, 1.807) is 6.92 Å². The molecule has 0 aromatic heterocycles. The Balaban J connectivity index is 3.46. The highest BCUT2D eigenvalue weighted by atomic mass is 35.5. The molecule has 0 aliphatic rings. The van der Waals surface area contributed by atoms with E-state index in [1.165, 1.54) is 6.07 Å². The molecule has 0 saturated carbocycles. The number of rotatable bonds is 0. The van der Waals surface area contributed by atoms with Gasteiger partial charge in [0.25, 0.3) is 0 Å². The number of phenols is 1. The molecule has 0 atom stereocenters. The number of benzene rings is 1. The largest absolute Gasteiger partial charge is 0.508 e. The average Bonchev–Trinajstić information content (AvgIpc) is 1.97. The fourth-order valence-corrected chi connectivity index (χ4v) is 1.31. The summed E-state index contributed by atoms with van der Waals surface area (Å²) >= 11 is 17.0. The molecule has 0 aliphatic carbocycles. The van der Waals surface area contributed by atoms with Crippen LogP contribution in [-0.4, -0.2) is 5.11 Å². The molecule has 0 amide bonds. The molecule has 60 valence electrons. The van der Waals surface area contributed by atoms with Gasteiger partial charge in [-0.05, 0) is 6.92 Å². The summed E-state index contributed by atoms with van der Waals surface area (Å²) in [7, 11) is 0. The van der Waals surface area contributed by atoms with E-state index < -0.39 is 0 Å². The van der Waals surface area contributed by atoms with Crippen LogP contribution in [0.4, 0.5) is 0 Å². The highest BCUT2D eigenvalue weighted by molar-refractivity contribution is 6.48. The summed E-state index contributed by atoms with van der Waals surface area (Å²) in [6.07, 6.45) is 0. The lowest BCUT2D eigenvalue weighted by molar-refractivity contribution is 0.471.